The Bertz CT molecular complexity index is 752. The first-order valence-corrected chi connectivity index (χ1v) is 8.34. The number of aromatic nitrogens is 1. The first-order chi connectivity index (χ1) is 12.2. The lowest BCUT2D eigenvalue weighted by atomic mass is 9.89. The average Bonchev–Trinajstić information content (AvgIpc) is 3.20. The Morgan fingerprint density at radius 1 is 1.16 bits per heavy atom. The number of ether oxygens (including phenoxy) is 1. The van der Waals surface area contributed by atoms with Crippen LogP contribution in [0.4, 0.5) is 5.69 Å². The molecule has 2 aromatic rings. The molecule has 0 saturated carbocycles. The van der Waals surface area contributed by atoms with Gasteiger partial charge in [-0.2, -0.15) is 0 Å². The van der Waals surface area contributed by atoms with Crippen molar-refractivity contribution in [2.24, 2.45) is 0 Å². The number of hydrogen-bond acceptors (Lipinski definition) is 5. The molecule has 2 fully saturated rings. The topological polar surface area (TPSA) is 75.9 Å². The second kappa shape index (κ2) is 6.33. The lowest BCUT2D eigenvalue weighted by Crippen LogP contribution is -2.59. The van der Waals surface area contributed by atoms with Crippen LogP contribution in [0.5, 0.6) is 0 Å². The lowest BCUT2D eigenvalue weighted by Gasteiger charge is -2.46. The van der Waals surface area contributed by atoms with E-state index >= 15 is 0 Å². The number of rotatable bonds is 2. The van der Waals surface area contributed by atoms with E-state index in [0.29, 0.717) is 38.2 Å². The van der Waals surface area contributed by atoms with Gasteiger partial charge in [0.25, 0.3) is 11.8 Å². The van der Waals surface area contributed by atoms with Crippen molar-refractivity contribution in [3.05, 3.63) is 48.7 Å². The number of likely N-dealkylation sites (tertiary alicyclic amines) is 1. The molecule has 7 heteroatoms. The summed E-state index contributed by atoms with van der Waals surface area (Å²) >= 11 is 0. The fourth-order valence-corrected chi connectivity index (χ4v) is 3.46. The molecule has 25 heavy (non-hydrogen) atoms. The van der Waals surface area contributed by atoms with E-state index in [9.17, 15) is 9.59 Å². The molecular formula is C18H19N3O4. The number of morpholine rings is 1. The summed E-state index contributed by atoms with van der Waals surface area (Å²) in [7, 11) is 0. The van der Waals surface area contributed by atoms with Crippen molar-refractivity contribution in [3.8, 4) is 0 Å². The monoisotopic (exact) mass is 341 g/mol. The highest BCUT2D eigenvalue weighted by atomic mass is 16.5. The van der Waals surface area contributed by atoms with Crippen LogP contribution in [0.3, 0.4) is 0 Å². The van der Waals surface area contributed by atoms with Crippen LogP contribution in [0, 0.1) is 0 Å². The van der Waals surface area contributed by atoms with Crippen LogP contribution >= 0.6 is 0 Å². The molecule has 4 rings (SSSR count). The van der Waals surface area contributed by atoms with E-state index in [2.05, 4.69) is 4.98 Å². The molecular weight excluding hydrogens is 322 g/mol. The number of amides is 2. The smallest absolute Gasteiger partial charge is 0.275 e. The van der Waals surface area contributed by atoms with Crippen molar-refractivity contribution in [3.63, 3.8) is 0 Å². The first kappa shape index (κ1) is 15.8. The van der Waals surface area contributed by atoms with Crippen molar-refractivity contribution in [2.75, 3.05) is 31.1 Å². The molecule has 2 saturated heterocycles. The van der Waals surface area contributed by atoms with E-state index in [0.717, 1.165) is 5.69 Å². The predicted octanol–water partition coefficient (Wildman–Crippen LogP) is 1.71. The number of para-hydroxylation sites is 1. The number of carbonyl (C=O) groups is 2. The van der Waals surface area contributed by atoms with E-state index in [4.69, 9.17) is 9.15 Å². The molecule has 2 aliphatic rings. The molecule has 0 unspecified atom stereocenters. The number of benzene rings is 1. The normalized spacial score (nSPS) is 20.1. The average molecular weight is 341 g/mol. The van der Waals surface area contributed by atoms with Gasteiger partial charge in [-0.25, -0.2) is 4.98 Å². The van der Waals surface area contributed by atoms with Crippen LogP contribution in [0.15, 0.2) is 47.4 Å². The summed E-state index contributed by atoms with van der Waals surface area (Å²) in [5, 5.41) is 0. The van der Waals surface area contributed by atoms with Gasteiger partial charge in [0, 0.05) is 18.8 Å². The molecule has 0 radical (unpaired) electrons. The third-order valence-electron chi connectivity index (χ3n) is 4.93. The van der Waals surface area contributed by atoms with Crippen molar-refractivity contribution in [1.29, 1.82) is 0 Å². The first-order valence-electron chi connectivity index (χ1n) is 8.34. The van der Waals surface area contributed by atoms with Crippen LogP contribution in [0.2, 0.25) is 0 Å². The Hall–Kier alpha value is -2.67. The third-order valence-corrected chi connectivity index (χ3v) is 4.93. The molecule has 0 N–H and O–H groups in total. The summed E-state index contributed by atoms with van der Waals surface area (Å²) in [5.41, 5.74) is 0.808. The third kappa shape index (κ3) is 3.02. The van der Waals surface area contributed by atoms with Crippen molar-refractivity contribution >= 4 is 17.5 Å². The Morgan fingerprint density at radius 2 is 1.92 bits per heavy atom. The zero-order valence-electron chi connectivity index (χ0n) is 13.8. The summed E-state index contributed by atoms with van der Waals surface area (Å²) in [4.78, 5) is 32.1. The number of nitrogens with zero attached hydrogens (tertiary/aromatic N) is 3. The maximum atomic E-state index is 12.4. The summed E-state index contributed by atoms with van der Waals surface area (Å²) < 4.78 is 10.8. The minimum absolute atomic E-state index is 0.0297. The lowest BCUT2D eigenvalue weighted by molar-refractivity contribution is -0.143. The summed E-state index contributed by atoms with van der Waals surface area (Å²) in [5.74, 6) is -0.159. The molecule has 0 bridgehead atoms. The van der Waals surface area contributed by atoms with Gasteiger partial charge in [0.2, 0.25) is 0 Å². The van der Waals surface area contributed by atoms with Gasteiger partial charge in [0.15, 0.2) is 12.1 Å². The van der Waals surface area contributed by atoms with Crippen LogP contribution in [-0.4, -0.2) is 53.5 Å². The van der Waals surface area contributed by atoms with E-state index in [1.165, 1.54) is 12.7 Å². The maximum Gasteiger partial charge on any atom is 0.275 e. The fraction of sp³-hybridized carbons (Fsp3) is 0.389. The Kier molecular flexibility index (Phi) is 4.01. The van der Waals surface area contributed by atoms with Crippen LogP contribution < -0.4 is 4.90 Å². The zero-order chi connectivity index (χ0) is 17.3. The molecule has 1 aromatic heterocycles. The van der Waals surface area contributed by atoms with E-state index in [1.54, 1.807) is 9.80 Å². The van der Waals surface area contributed by atoms with Crippen molar-refractivity contribution in [1.82, 2.24) is 9.88 Å². The van der Waals surface area contributed by atoms with Gasteiger partial charge < -0.3 is 19.0 Å². The second-order valence-electron chi connectivity index (χ2n) is 6.45. The number of hydrogen-bond donors (Lipinski definition) is 0. The SMILES string of the molecule is O=C(c1cocn1)N1CCC2(CC1)CN(c1ccccc1)C(=O)CO2. The molecule has 1 aromatic carbocycles. The highest BCUT2D eigenvalue weighted by molar-refractivity contribution is 5.95. The maximum absolute atomic E-state index is 12.4. The predicted molar refractivity (Wildman–Crippen MR) is 89.1 cm³/mol. The zero-order valence-corrected chi connectivity index (χ0v) is 13.8. The Balaban J connectivity index is 1.45. The molecule has 1 spiro atoms. The van der Waals surface area contributed by atoms with Gasteiger partial charge in [-0.1, -0.05) is 18.2 Å². The highest BCUT2D eigenvalue weighted by Crippen LogP contribution is 2.33. The highest BCUT2D eigenvalue weighted by Gasteiger charge is 2.43. The van der Waals surface area contributed by atoms with E-state index < -0.39 is 5.60 Å². The molecule has 0 atom stereocenters. The van der Waals surface area contributed by atoms with Gasteiger partial charge in [0.1, 0.15) is 12.9 Å². The molecule has 2 aliphatic heterocycles. The number of anilines is 1. The van der Waals surface area contributed by atoms with Gasteiger partial charge in [-0.3, -0.25) is 9.59 Å². The number of piperidine rings is 1. The fourth-order valence-electron chi connectivity index (χ4n) is 3.46. The van der Waals surface area contributed by atoms with Gasteiger partial charge in [-0.05, 0) is 25.0 Å². The largest absolute Gasteiger partial charge is 0.451 e. The molecule has 7 nitrogen and oxygen atoms in total. The molecule has 2 amide bonds. The minimum atomic E-state index is -0.398. The van der Waals surface area contributed by atoms with Gasteiger partial charge in [0.05, 0.1) is 12.1 Å². The number of carbonyl (C=O) groups excluding carboxylic acids is 2. The van der Waals surface area contributed by atoms with Gasteiger partial charge in [-0.15, -0.1) is 0 Å². The summed E-state index contributed by atoms with van der Waals surface area (Å²) in [6.45, 7) is 1.74. The molecule has 130 valence electrons. The second-order valence-corrected chi connectivity index (χ2v) is 6.45. The van der Waals surface area contributed by atoms with Crippen LogP contribution in [0.25, 0.3) is 0 Å². The summed E-state index contributed by atoms with van der Waals surface area (Å²) in [6, 6.07) is 9.63. The van der Waals surface area contributed by atoms with Crippen LogP contribution in [-0.2, 0) is 9.53 Å². The van der Waals surface area contributed by atoms with Gasteiger partial charge >= 0.3 is 0 Å². The van der Waals surface area contributed by atoms with Crippen molar-refractivity contribution in [2.45, 2.75) is 18.4 Å². The van der Waals surface area contributed by atoms with E-state index in [1.807, 2.05) is 30.3 Å². The minimum Gasteiger partial charge on any atom is -0.451 e. The van der Waals surface area contributed by atoms with Crippen LogP contribution in [0.1, 0.15) is 23.3 Å². The van der Waals surface area contributed by atoms with Crippen molar-refractivity contribution < 1.29 is 18.7 Å². The van der Waals surface area contributed by atoms with E-state index in [-0.39, 0.29) is 18.4 Å². The number of oxazole rings is 1. The Labute approximate surface area is 145 Å². The standard InChI is InChI=1S/C18H19N3O4/c22-16-11-25-18(12-21(16)14-4-2-1-3-5-14)6-8-20(9-7-18)17(23)15-10-24-13-19-15/h1-5,10,13H,6-9,11-12H2. The summed E-state index contributed by atoms with van der Waals surface area (Å²) in [6.07, 6.45) is 3.99. The molecule has 3 heterocycles. The molecule has 0 aliphatic carbocycles. The quantitative estimate of drug-likeness (QED) is 0.831. The Morgan fingerprint density at radius 3 is 2.60 bits per heavy atom.